The smallest absolute Gasteiger partial charge is 0.230 e. The lowest BCUT2D eigenvalue weighted by Crippen LogP contribution is -2.42. The molecule has 25 heavy (non-hydrogen) atoms. The number of hydrogen-bond acceptors (Lipinski definition) is 4. The third-order valence-electron chi connectivity index (χ3n) is 5.54. The van der Waals surface area contributed by atoms with Gasteiger partial charge in [-0.3, -0.25) is 4.79 Å². The van der Waals surface area contributed by atoms with Crippen molar-refractivity contribution in [1.29, 1.82) is 0 Å². The zero-order valence-corrected chi connectivity index (χ0v) is 14.9. The second-order valence-corrected chi connectivity index (χ2v) is 7.10. The molecule has 1 aromatic heterocycles. The summed E-state index contributed by atoms with van der Waals surface area (Å²) in [5.74, 6) is 1.33. The normalized spacial score (nSPS) is 17.7. The summed E-state index contributed by atoms with van der Waals surface area (Å²) in [4.78, 5) is 17.2. The SMILES string of the molecule is Cc1cc(N2CCC(C(=O)N3CCc4ccccc43)CC2)nnc1C. The van der Waals surface area contributed by atoms with E-state index >= 15 is 0 Å². The highest BCUT2D eigenvalue weighted by Gasteiger charge is 2.32. The van der Waals surface area contributed by atoms with Gasteiger partial charge in [-0.25, -0.2) is 0 Å². The van der Waals surface area contributed by atoms with Crippen molar-refractivity contribution in [3.63, 3.8) is 0 Å². The zero-order chi connectivity index (χ0) is 17.4. The molecule has 0 radical (unpaired) electrons. The topological polar surface area (TPSA) is 49.3 Å². The summed E-state index contributed by atoms with van der Waals surface area (Å²) in [6.07, 6.45) is 2.73. The zero-order valence-electron chi connectivity index (χ0n) is 14.9. The molecule has 0 spiro atoms. The van der Waals surface area contributed by atoms with E-state index < -0.39 is 0 Å². The molecule has 0 N–H and O–H groups in total. The fraction of sp³-hybridized carbons (Fsp3) is 0.450. The first-order valence-electron chi connectivity index (χ1n) is 9.08. The van der Waals surface area contributed by atoms with Crippen molar-refractivity contribution in [3.8, 4) is 0 Å². The van der Waals surface area contributed by atoms with Crippen LogP contribution < -0.4 is 9.80 Å². The quantitative estimate of drug-likeness (QED) is 0.846. The minimum atomic E-state index is 0.113. The molecule has 2 aliphatic rings. The van der Waals surface area contributed by atoms with Crippen LogP contribution in [-0.2, 0) is 11.2 Å². The first-order valence-corrected chi connectivity index (χ1v) is 9.08. The summed E-state index contributed by atoms with van der Waals surface area (Å²) < 4.78 is 0. The Morgan fingerprint density at radius 2 is 1.84 bits per heavy atom. The molecule has 4 rings (SSSR count). The largest absolute Gasteiger partial charge is 0.355 e. The van der Waals surface area contributed by atoms with Crippen molar-refractivity contribution in [3.05, 3.63) is 47.2 Å². The van der Waals surface area contributed by atoms with Crippen LogP contribution in [0.3, 0.4) is 0 Å². The lowest BCUT2D eigenvalue weighted by molar-refractivity contribution is -0.122. The lowest BCUT2D eigenvalue weighted by Gasteiger charge is -2.33. The molecule has 0 unspecified atom stereocenters. The number of rotatable bonds is 2. The van der Waals surface area contributed by atoms with Crippen LogP contribution in [0.4, 0.5) is 11.5 Å². The van der Waals surface area contributed by atoms with Crippen LogP contribution in [0.5, 0.6) is 0 Å². The number of benzene rings is 1. The fourth-order valence-corrected chi connectivity index (χ4v) is 3.83. The summed E-state index contributed by atoms with van der Waals surface area (Å²) in [5, 5.41) is 8.55. The van der Waals surface area contributed by atoms with Crippen molar-refractivity contribution in [2.45, 2.75) is 33.1 Å². The first kappa shape index (κ1) is 16.1. The van der Waals surface area contributed by atoms with Crippen molar-refractivity contribution < 1.29 is 4.79 Å². The maximum atomic E-state index is 13.0. The number of aryl methyl sites for hydroxylation is 2. The third kappa shape index (κ3) is 2.99. The van der Waals surface area contributed by atoms with Crippen molar-refractivity contribution in [2.75, 3.05) is 29.4 Å². The van der Waals surface area contributed by atoms with E-state index in [2.05, 4.69) is 46.3 Å². The number of para-hydroxylation sites is 1. The van der Waals surface area contributed by atoms with Crippen molar-refractivity contribution in [2.24, 2.45) is 5.92 Å². The van der Waals surface area contributed by atoms with E-state index in [0.29, 0.717) is 0 Å². The molecule has 1 fully saturated rings. The lowest BCUT2D eigenvalue weighted by atomic mass is 9.95. The fourth-order valence-electron chi connectivity index (χ4n) is 3.83. The first-order chi connectivity index (χ1) is 12.1. The molecule has 2 aromatic rings. The monoisotopic (exact) mass is 336 g/mol. The number of nitrogens with zero attached hydrogens (tertiary/aromatic N) is 4. The maximum absolute atomic E-state index is 13.0. The van der Waals surface area contributed by atoms with Crippen LogP contribution in [0, 0.1) is 19.8 Å². The highest BCUT2D eigenvalue weighted by atomic mass is 16.2. The Labute approximate surface area is 148 Å². The molecular formula is C20H24N4O. The summed E-state index contributed by atoms with van der Waals surface area (Å²) in [5.41, 5.74) is 4.53. The summed E-state index contributed by atoms with van der Waals surface area (Å²) >= 11 is 0. The minimum absolute atomic E-state index is 0.113. The summed E-state index contributed by atoms with van der Waals surface area (Å²) in [6, 6.07) is 10.4. The van der Waals surface area contributed by atoms with Gasteiger partial charge in [0.2, 0.25) is 5.91 Å². The van der Waals surface area contributed by atoms with E-state index in [-0.39, 0.29) is 11.8 Å². The Morgan fingerprint density at radius 3 is 2.60 bits per heavy atom. The van der Waals surface area contributed by atoms with Gasteiger partial charge in [0.05, 0.1) is 5.69 Å². The van der Waals surface area contributed by atoms with Gasteiger partial charge in [0.15, 0.2) is 5.82 Å². The van der Waals surface area contributed by atoms with Gasteiger partial charge in [-0.15, -0.1) is 5.10 Å². The predicted molar refractivity (Wildman–Crippen MR) is 98.9 cm³/mol. The Hall–Kier alpha value is -2.43. The molecule has 1 aromatic carbocycles. The number of hydrogen-bond donors (Lipinski definition) is 0. The van der Waals surface area contributed by atoms with Gasteiger partial charge in [-0.05, 0) is 56.4 Å². The molecule has 5 heteroatoms. The number of anilines is 2. The number of carbonyl (C=O) groups is 1. The molecule has 5 nitrogen and oxygen atoms in total. The van der Waals surface area contributed by atoms with Crippen LogP contribution in [-0.4, -0.2) is 35.7 Å². The summed E-state index contributed by atoms with van der Waals surface area (Å²) in [7, 11) is 0. The van der Waals surface area contributed by atoms with Crippen LogP contribution >= 0.6 is 0 Å². The number of amides is 1. The van der Waals surface area contributed by atoms with Gasteiger partial charge in [0, 0.05) is 31.2 Å². The van der Waals surface area contributed by atoms with E-state index in [1.54, 1.807) is 0 Å². The standard InChI is InChI=1S/C20H24N4O/c1-14-13-19(22-21-15(14)2)23-10-7-17(8-11-23)20(25)24-12-9-16-5-3-4-6-18(16)24/h3-6,13,17H,7-12H2,1-2H3. The van der Waals surface area contributed by atoms with E-state index in [1.165, 1.54) is 5.56 Å². The number of carbonyl (C=O) groups excluding carboxylic acids is 1. The van der Waals surface area contributed by atoms with Crippen molar-refractivity contribution in [1.82, 2.24) is 10.2 Å². The molecule has 0 aliphatic carbocycles. The molecule has 0 saturated carbocycles. The molecule has 0 bridgehead atoms. The molecule has 130 valence electrons. The molecule has 1 saturated heterocycles. The van der Waals surface area contributed by atoms with Gasteiger partial charge in [-0.2, -0.15) is 5.10 Å². The Balaban J connectivity index is 1.42. The highest BCUT2D eigenvalue weighted by molar-refractivity contribution is 5.97. The molecule has 1 amide bonds. The van der Waals surface area contributed by atoms with E-state index in [4.69, 9.17) is 0 Å². The van der Waals surface area contributed by atoms with Crippen LogP contribution in [0.1, 0.15) is 29.7 Å². The van der Waals surface area contributed by atoms with E-state index in [9.17, 15) is 4.79 Å². The molecule has 0 atom stereocenters. The van der Waals surface area contributed by atoms with Gasteiger partial charge in [-0.1, -0.05) is 18.2 Å². The van der Waals surface area contributed by atoms with Crippen LogP contribution in [0.2, 0.25) is 0 Å². The maximum Gasteiger partial charge on any atom is 0.230 e. The Kier molecular flexibility index (Phi) is 4.15. The van der Waals surface area contributed by atoms with E-state index in [1.807, 2.05) is 17.9 Å². The van der Waals surface area contributed by atoms with Gasteiger partial charge >= 0.3 is 0 Å². The highest BCUT2D eigenvalue weighted by Crippen LogP contribution is 2.31. The van der Waals surface area contributed by atoms with Gasteiger partial charge < -0.3 is 9.80 Å². The van der Waals surface area contributed by atoms with Gasteiger partial charge in [0.25, 0.3) is 0 Å². The Morgan fingerprint density at radius 1 is 1.08 bits per heavy atom. The molecule has 2 aliphatic heterocycles. The minimum Gasteiger partial charge on any atom is -0.355 e. The van der Waals surface area contributed by atoms with Crippen molar-refractivity contribution >= 4 is 17.4 Å². The summed E-state index contributed by atoms with van der Waals surface area (Å²) in [6.45, 7) is 6.59. The van der Waals surface area contributed by atoms with Crippen LogP contribution in [0.25, 0.3) is 0 Å². The average Bonchev–Trinajstić information content (AvgIpc) is 3.08. The Bertz CT molecular complexity index is 796. The number of aromatic nitrogens is 2. The second-order valence-electron chi connectivity index (χ2n) is 7.10. The van der Waals surface area contributed by atoms with E-state index in [0.717, 1.165) is 61.7 Å². The predicted octanol–water partition coefficient (Wildman–Crippen LogP) is 2.90. The molecule has 3 heterocycles. The second kappa shape index (κ2) is 6.47. The average molecular weight is 336 g/mol. The van der Waals surface area contributed by atoms with Crippen LogP contribution in [0.15, 0.2) is 30.3 Å². The number of piperidine rings is 1. The molecular weight excluding hydrogens is 312 g/mol. The number of fused-ring (bicyclic) bond motifs is 1. The van der Waals surface area contributed by atoms with Gasteiger partial charge in [0.1, 0.15) is 0 Å². The third-order valence-corrected chi connectivity index (χ3v) is 5.54.